The third-order valence-corrected chi connectivity index (χ3v) is 4.23. The van der Waals surface area contributed by atoms with E-state index in [0.29, 0.717) is 0 Å². The minimum absolute atomic E-state index is 0.0755. The quantitative estimate of drug-likeness (QED) is 0.704. The minimum Gasteiger partial charge on any atom is -0.550 e. The van der Waals surface area contributed by atoms with Gasteiger partial charge in [-0.25, -0.2) is 0 Å². The Bertz CT molecular complexity index is 566. The lowest BCUT2D eigenvalue weighted by Gasteiger charge is -2.21. The Labute approximate surface area is 145 Å². The molecule has 4 atom stereocenters. The normalized spacial score (nSPS) is 17.5. The molecule has 0 amide bonds. The van der Waals surface area contributed by atoms with Gasteiger partial charge in [-0.1, -0.05) is 68.0 Å². The molecule has 24 heavy (non-hydrogen) atoms. The predicted octanol–water partition coefficient (Wildman–Crippen LogP) is 2.10. The van der Waals surface area contributed by atoms with Crippen molar-refractivity contribution in [3.8, 4) is 0 Å². The van der Waals surface area contributed by atoms with Crippen LogP contribution in [0.1, 0.15) is 26.3 Å². The molecule has 1 rings (SSSR count). The van der Waals surface area contributed by atoms with Gasteiger partial charge in [0.15, 0.2) is 0 Å². The molecule has 2 N–H and O–H groups in total. The molecular weight excluding hydrogens is 302 g/mol. The first-order chi connectivity index (χ1) is 11.3. The topological polar surface area (TPSA) is 75.4 Å². The standard InChI is InChI=1S/C20H29NO3/c1-14(10-11-18(21)16(3)20(22)23)12-15(2)19(24-4)13-17-8-6-5-7-9-17/h5-12,15-16,18-19H,13,21H2,1-4H3,(H,22,23)/p-1/b11-10+,14-12+/t15-,16-,18+,19-/m1/s1. The van der Waals surface area contributed by atoms with E-state index in [2.05, 4.69) is 25.1 Å². The number of aliphatic carboxylic acids is 1. The van der Waals surface area contributed by atoms with Crippen molar-refractivity contribution < 1.29 is 14.6 Å². The number of carbonyl (C=O) groups is 1. The third-order valence-electron chi connectivity index (χ3n) is 4.23. The highest BCUT2D eigenvalue weighted by atomic mass is 16.5. The SMILES string of the molecule is CO[C@H](Cc1ccccc1)[C@H](C)/C=C(C)/C=C/[C@H](N)[C@@H](C)C(=O)[O-]. The second-order valence-corrected chi connectivity index (χ2v) is 6.28. The van der Waals surface area contributed by atoms with Crippen LogP contribution in [-0.4, -0.2) is 25.2 Å². The van der Waals surface area contributed by atoms with Gasteiger partial charge in [-0.05, 0) is 18.9 Å². The molecule has 0 aliphatic carbocycles. The number of carboxylic acid groups (broad SMARTS) is 1. The van der Waals surface area contributed by atoms with Crippen molar-refractivity contribution >= 4 is 5.97 Å². The van der Waals surface area contributed by atoms with Gasteiger partial charge in [-0.2, -0.15) is 0 Å². The van der Waals surface area contributed by atoms with Crippen molar-refractivity contribution in [1.82, 2.24) is 0 Å². The molecule has 0 fully saturated rings. The predicted molar refractivity (Wildman–Crippen MR) is 95.2 cm³/mol. The Kier molecular flexibility index (Phi) is 8.44. The summed E-state index contributed by atoms with van der Waals surface area (Å²) < 4.78 is 5.63. The number of carboxylic acids is 1. The summed E-state index contributed by atoms with van der Waals surface area (Å²) in [5, 5.41) is 10.8. The highest BCUT2D eigenvalue weighted by Gasteiger charge is 2.15. The molecule has 4 nitrogen and oxygen atoms in total. The van der Waals surface area contributed by atoms with Gasteiger partial charge in [0.2, 0.25) is 0 Å². The molecule has 0 bridgehead atoms. The van der Waals surface area contributed by atoms with Crippen molar-refractivity contribution in [3.63, 3.8) is 0 Å². The lowest BCUT2D eigenvalue weighted by Crippen LogP contribution is -2.40. The first-order valence-electron chi connectivity index (χ1n) is 8.25. The van der Waals surface area contributed by atoms with E-state index in [0.717, 1.165) is 12.0 Å². The fraction of sp³-hybridized carbons (Fsp3) is 0.450. The second-order valence-electron chi connectivity index (χ2n) is 6.28. The van der Waals surface area contributed by atoms with Crippen molar-refractivity contribution in [1.29, 1.82) is 0 Å². The summed E-state index contributed by atoms with van der Waals surface area (Å²) in [5.41, 5.74) is 8.09. The molecule has 0 aliphatic rings. The molecule has 0 spiro atoms. The Balaban J connectivity index is 2.69. The first-order valence-corrected chi connectivity index (χ1v) is 8.25. The van der Waals surface area contributed by atoms with Gasteiger partial charge in [0, 0.05) is 31.0 Å². The van der Waals surface area contributed by atoms with Gasteiger partial charge in [0.25, 0.3) is 0 Å². The summed E-state index contributed by atoms with van der Waals surface area (Å²) in [6.07, 6.45) is 6.59. The van der Waals surface area contributed by atoms with Crippen LogP contribution >= 0.6 is 0 Å². The first kappa shape index (κ1) is 20.1. The van der Waals surface area contributed by atoms with Gasteiger partial charge in [0.1, 0.15) is 0 Å². The Hall–Kier alpha value is -1.91. The van der Waals surface area contributed by atoms with Crippen LogP contribution in [0.2, 0.25) is 0 Å². The maximum Gasteiger partial charge on any atom is 0.0671 e. The molecule has 0 aromatic heterocycles. The number of nitrogens with two attached hydrogens (primary N) is 1. The van der Waals surface area contributed by atoms with Crippen molar-refractivity contribution in [2.75, 3.05) is 7.11 Å². The number of allylic oxidation sites excluding steroid dienone is 2. The number of methoxy groups -OCH3 is 1. The van der Waals surface area contributed by atoms with E-state index in [1.807, 2.05) is 31.2 Å². The van der Waals surface area contributed by atoms with E-state index in [1.165, 1.54) is 5.56 Å². The molecule has 1 aromatic carbocycles. The lowest BCUT2D eigenvalue weighted by molar-refractivity contribution is -0.311. The van der Waals surface area contributed by atoms with Crippen LogP contribution in [0.15, 0.2) is 54.1 Å². The van der Waals surface area contributed by atoms with E-state index in [-0.39, 0.29) is 12.0 Å². The molecule has 0 saturated carbocycles. The number of carbonyl (C=O) groups excluding carboxylic acids is 1. The van der Waals surface area contributed by atoms with Crippen LogP contribution in [0.25, 0.3) is 0 Å². The summed E-state index contributed by atoms with van der Waals surface area (Å²) in [5.74, 6) is -1.63. The highest BCUT2D eigenvalue weighted by Crippen LogP contribution is 2.17. The summed E-state index contributed by atoms with van der Waals surface area (Å²) in [6.45, 7) is 5.63. The monoisotopic (exact) mass is 330 g/mol. The molecular formula is C20H28NO3-. The number of hydrogen-bond donors (Lipinski definition) is 1. The van der Waals surface area contributed by atoms with Gasteiger partial charge < -0.3 is 20.4 Å². The summed E-state index contributed by atoms with van der Waals surface area (Å²) in [4.78, 5) is 10.8. The summed E-state index contributed by atoms with van der Waals surface area (Å²) in [6, 6.07) is 9.68. The van der Waals surface area contributed by atoms with E-state index in [9.17, 15) is 9.90 Å². The molecule has 4 heteroatoms. The van der Waals surface area contributed by atoms with Crippen LogP contribution in [0.5, 0.6) is 0 Å². The zero-order valence-electron chi connectivity index (χ0n) is 14.9. The van der Waals surface area contributed by atoms with E-state index >= 15 is 0 Å². The fourth-order valence-electron chi connectivity index (χ4n) is 2.49. The van der Waals surface area contributed by atoms with Crippen molar-refractivity contribution in [2.45, 2.75) is 39.3 Å². The fourth-order valence-corrected chi connectivity index (χ4v) is 2.49. The number of benzene rings is 1. The van der Waals surface area contributed by atoms with Crippen LogP contribution in [0.4, 0.5) is 0 Å². The van der Waals surface area contributed by atoms with E-state index < -0.39 is 17.9 Å². The summed E-state index contributed by atoms with van der Waals surface area (Å²) >= 11 is 0. The van der Waals surface area contributed by atoms with Gasteiger partial charge in [-0.3, -0.25) is 0 Å². The van der Waals surface area contributed by atoms with Crippen LogP contribution in [-0.2, 0) is 16.0 Å². The smallest absolute Gasteiger partial charge is 0.0671 e. The Morgan fingerprint density at radius 3 is 2.46 bits per heavy atom. The van der Waals surface area contributed by atoms with E-state index in [1.54, 1.807) is 20.1 Å². The van der Waals surface area contributed by atoms with Crippen LogP contribution < -0.4 is 10.8 Å². The highest BCUT2D eigenvalue weighted by molar-refractivity contribution is 5.68. The average molecular weight is 330 g/mol. The maximum atomic E-state index is 10.8. The van der Waals surface area contributed by atoms with Gasteiger partial charge in [-0.15, -0.1) is 0 Å². The molecule has 0 aliphatic heterocycles. The van der Waals surface area contributed by atoms with Crippen molar-refractivity contribution in [2.24, 2.45) is 17.6 Å². The number of hydrogen-bond acceptors (Lipinski definition) is 4. The van der Waals surface area contributed by atoms with Gasteiger partial charge in [0.05, 0.1) is 6.10 Å². The van der Waals surface area contributed by atoms with E-state index in [4.69, 9.17) is 10.5 Å². The Morgan fingerprint density at radius 1 is 1.29 bits per heavy atom. The average Bonchev–Trinajstić information content (AvgIpc) is 2.57. The maximum absolute atomic E-state index is 10.8. The molecule has 0 unspecified atom stereocenters. The molecule has 1 aromatic rings. The zero-order valence-corrected chi connectivity index (χ0v) is 14.9. The van der Waals surface area contributed by atoms with Crippen LogP contribution in [0.3, 0.4) is 0 Å². The molecule has 0 heterocycles. The van der Waals surface area contributed by atoms with Crippen molar-refractivity contribution in [3.05, 3.63) is 59.7 Å². The number of ether oxygens (including phenoxy) is 1. The molecule has 132 valence electrons. The molecule has 0 radical (unpaired) electrons. The lowest BCUT2D eigenvalue weighted by atomic mass is 9.95. The molecule has 0 saturated heterocycles. The minimum atomic E-state index is -1.13. The third kappa shape index (κ3) is 6.69. The Morgan fingerprint density at radius 2 is 1.92 bits per heavy atom. The zero-order chi connectivity index (χ0) is 18.1. The second kappa shape index (κ2) is 10.1. The summed E-state index contributed by atoms with van der Waals surface area (Å²) in [7, 11) is 1.72. The number of rotatable bonds is 9. The van der Waals surface area contributed by atoms with Gasteiger partial charge >= 0.3 is 0 Å². The van der Waals surface area contributed by atoms with Crippen LogP contribution in [0, 0.1) is 11.8 Å². The largest absolute Gasteiger partial charge is 0.550 e.